The number of nitro groups is 1. The van der Waals surface area contributed by atoms with Crippen LogP contribution in [-0.2, 0) is 13.1 Å². The van der Waals surface area contributed by atoms with Gasteiger partial charge in [-0.2, -0.15) is 10.2 Å². The molecule has 0 bridgehead atoms. The zero-order valence-corrected chi connectivity index (χ0v) is 17.4. The Hall–Kier alpha value is -3.31. The maximum Gasteiger partial charge on any atom is 0.306 e. The van der Waals surface area contributed by atoms with Crippen molar-refractivity contribution >= 4 is 39.6 Å². The summed E-state index contributed by atoms with van der Waals surface area (Å²) >= 11 is 7.61. The van der Waals surface area contributed by atoms with Crippen molar-refractivity contribution in [1.29, 1.82) is 0 Å². The summed E-state index contributed by atoms with van der Waals surface area (Å²) in [5.74, 6) is 0.649. The predicted octanol–water partition coefficient (Wildman–Crippen LogP) is 4.09. The normalized spacial score (nSPS) is 12.1. The van der Waals surface area contributed by atoms with Gasteiger partial charge in [0.1, 0.15) is 17.4 Å². The number of aromatic nitrogens is 6. The number of hydrogen-bond acceptors (Lipinski definition) is 8. The molecule has 0 fully saturated rings. The molecule has 0 spiro atoms. The van der Waals surface area contributed by atoms with Gasteiger partial charge in [-0.05, 0) is 11.6 Å². The molecule has 0 saturated heterocycles. The fourth-order valence-electron chi connectivity index (χ4n) is 2.82. The Balaban J connectivity index is 1.38. The van der Waals surface area contributed by atoms with E-state index in [0.29, 0.717) is 29.1 Å². The van der Waals surface area contributed by atoms with E-state index in [1.807, 2.05) is 43.5 Å². The van der Waals surface area contributed by atoms with Crippen molar-refractivity contribution in [2.75, 3.05) is 5.32 Å². The minimum atomic E-state index is -0.466. The highest BCUT2D eigenvalue weighted by Crippen LogP contribution is 2.26. The van der Waals surface area contributed by atoms with E-state index in [0.717, 1.165) is 10.6 Å². The molecule has 1 unspecified atom stereocenters. The van der Waals surface area contributed by atoms with Gasteiger partial charge in [0.2, 0.25) is 5.13 Å². The van der Waals surface area contributed by atoms with E-state index in [-0.39, 0.29) is 11.6 Å². The molecule has 0 aliphatic carbocycles. The van der Waals surface area contributed by atoms with Crippen LogP contribution < -0.4 is 5.32 Å². The van der Waals surface area contributed by atoms with Gasteiger partial charge in [0, 0.05) is 23.2 Å². The van der Waals surface area contributed by atoms with E-state index in [1.165, 1.54) is 28.4 Å². The van der Waals surface area contributed by atoms with Crippen molar-refractivity contribution in [1.82, 2.24) is 29.8 Å². The van der Waals surface area contributed by atoms with Gasteiger partial charge in [0.05, 0.1) is 18.0 Å². The summed E-state index contributed by atoms with van der Waals surface area (Å²) in [4.78, 5) is 10.3. The predicted molar refractivity (Wildman–Crippen MR) is 113 cm³/mol. The van der Waals surface area contributed by atoms with Crippen LogP contribution in [0.1, 0.15) is 23.4 Å². The van der Waals surface area contributed by atoms with Crippen LogP contribution in [0.3, 0.4) is 0 Å². The standard InChI is InChI=1S/C18H17ClN8O2S/c1-12(9-26-11-14(8-20-26)27(28)29)17-22-23-18(30-17)21-16-6-7-25(24-16)10-13-4-2-3-5-15(13)19/h2-8,11-12H,9-10H2,1H3,(H,21,23,24). The Morgan fingerprint density at radius 1 is 1.27 bits per heavy atom. The van der Waals surface area contributed by atoms with Crippen LogP contribution in [0.25, 0.3) is 0 Å². The first-order valence-electron chi connectivity index (χ1n) is 9.02. The Bertz CT molecular complexity index is 1170. The summed E-state index contributed by atoms with van der Waals surface area (Å²) in [6.07, 6.45) is 4.50. The van der Waals surface area contributed by atoms with Crippen LogP contribution in [0.15, 0.2) is 48.9 Å². The average molecular weight is 445 g/mol. The number of halogens is 1. The molecule has 0 saturated carbocycles. The molecule has 30 heavy (non-hydrogen) atoms. The molecule has 0 radical (unpaired) electrons. The summed E-state index contributed by atoms with van der Waals surface area (Å²) in [5.41, 5.74) is 0.953. The van der Waals surface area contributed by atoms with Crippen LogP contribution in [0.4, 0.5) is 16.6 Å². The molecule has 3 heterocycles. The van der Waals surface area contributed by atoms with E-state index < -0.39 is 4.92 Å². The minimum absolute atomic E-state index is 0.00432. The van der Waals surface area contributed by atoms with Crippen molar-refractivity contribution < 1.29 is 4.92 Å². The van der Waals surface area contributed by atoms with E-state index in [1.54, 1.807) is 4.68 Å². The maximum absolute atomic E-state index is 10.8. The van der Waals surface area contributed by atoms with Gasteiger partial charge < -0.3 is 5.32 Å². The van der Waals surface area contributed by atoms with Crippen molar-refractivity contribution in [2.24, 2.45) is 0 Å². The molecule has 4 aromatic rings. The molecule has 4 rings (SSSR count). The lowest BCUT2D eigenvalue weighted by atomic mass is 10.2. The summed E-state index contributed by atoms with van der Waals surface area (Å²) in [6.45, 7) is 3.00. The zero-order valence-electron chi connectivity index (χ0n) is 15.8. The fourth-order valence-corrected chi connectivity index (χ4v) is 3.81. The quantitative estimate of drug-likeness (QED) is 0.321. The van der Waals surface area contributed by atoms with E-state index >= 15 is 0 Å². The summed E-state index contributed by atoms with van der Waals surface area (Å²) < 4.78 is 3.33. The lowest BCUT2D eigenvalue weighted by Gasteiger charge is -2.06. The molecule has 12 heteroatoms. The lowest BCUT2D eigenvalue weighted by Crippen LogP contribution is -2.06. The van der Waals surface area contributed by atoms with E-state index in [9.17, 15) is 10.1 Å². The van der Waals surface area contributed by atoms with Crippen molar-refractivity contribution in [3.05, 3.63) is 74.6 Å². The summed E-state index contributed by atoms with van der Waals surface area (Å²) in [7, 11) is 0. The van der Waals surface area contributed by atoms with Crippen LogP contribution in [0.5, 0.6) is 0 Å². The number of nitrogens with one attached hydrogen (secondary N) is 1. The second kappa shape index (κ2) is 8.59. The van der Waals surface area contributed by atoms with Gasteiger partial charge in [-0.1, -0.05) is 48.1 Å². The third-order valence-electron chi connectivity index (χ3n) is 4.32. The molecule has 0 aliphatic heterocycles. The third-order valence-corrected chi connectivity index (χ3v) is 5.76. The molecule has 3 aromatic heterocycles. The second-order valence-corrected chi connectivity index (χ2v) is 8.06. The minimum Gasteiger partial charge on any atom is -0.313 e. The Morgan fingerprint density at radius 2 is 2.10 bits per heavy atom. The molecule has 154 valence electrons. The molecular formula is C18H17ClN8O2S. The topological polar surface area (TPSA) is 117 Å². The van der Waals surface area contributed by atoms with E-state index in [2.05, 4.69) is 25.7 Å². The fraction of sp³-hybridized carbons (Fsp3) is 0.222. The lowest BCUT2D eigenvalue weighted by molar-refractivity contribution is -0.385. The molecule has 1 N–H and O–H groups in total. The highest BCUT2D eigenvalue weighted by molar-refractivity contribution is 7.15. The molecular weight excluding hydrogens is 428 g/mol. The highest BCUT2D eigenvalue weighted by atomic mass is 35.5. The molecule has 1 aromatic carbocycles. The number of rotatable bonds is 8. The van der Waals surface area contributed by atoms with Crippen LogP contribution in [0.2, 0.25) is 5.02 Å². The third kappa shape index (κ3) is 4.63. The Kier molecular flexibility index (Phi) is 5.72. The van der Waals surface area contributed by atoms with Gasteiger partial charge in [0.15, 0.2) is 5.82 Å². The zero-order chi connectivity index (χ0) is 21.1. The van der Waals surface area contributed by atoms with Crippen molar-refractivity contribution in [3.63, 3.8) is 0 Å². The molecule has 1 atom stereocenters. The summed E-state index contributed by atoms with van der Waals surface area (Å²) in [6, 6.07) is 9.50. The number of benzene rings is 1. The first-order valence-corrected chi connectivity index (χ1v) is 10.2. The Morgan fingerprint density at radius 3 is 2.87 bits per heavy atom. The van der Waals surface area contributed by atoms with E-state index in [4.69, 9.17) is 11.6 Å². The van der Waals surface area contributed by atoms with Gasteiger partial charge in [0.25, 0.3) is 0 Å². The SMILES string of the molecule is CC(Cn1cc([N+](=O)[O-])cn1)c1nnc(Nc2ccn(Cc3ccccc3Cl)n2)s1. The van der Waals surface area contributed by atoms with Crippen LogP contribution >= 0.6 is 22.9 Å². The Labute approximate surface area is 180 Å². The van der Waals surface area contributed by atoms with Crippen molar-refractivity contribution in [2.45, 2.75) is 25.9 Å². The molecule has 10 nitrogen and oxygen atoms in total. The second-order valence-electron chi connectivity index (χ2n) is 6.64. The smallest absolute Gasteiger partial charge is 0.306 e. The van der Waals surface area contributed by atoms with Gasteiger partial charge in [-0.15, -0.1) is 10.2 Å². The maximum atomic E-state index is 10.8. The van der Waals surface area contributed by atoms with Gasteiger partial charge in [-0.25, -0.2) is 0 Å². The monoisotopic (exact) mass is 444 g/mol. The largest absolute Gasteiger partial charge is 0.313 e. The number of hydrogen-bond donors (Lipinski definition) is 1. The summed E-state index contributed by atoms with van der Waals surface area (Å²) in [5, 5.41) is 32.9. The first-order chi connectivity index (χ1) is 14.5. The first kappa shape index (κ1) is 20.0. The number of nitrogens with zero attached hydrogens (tertiary/aromatic N) is 7. The number of anilines is 2. The van der Waals surface area contributed by atoms with Crippen LogP contribution in [-0.4, -0.2) is 34.7 Å². The highest BCUT2D eigenvalue weighted by Gasteiger charge is 2.16. The van der Waals surface area contributed by atoms with Gasteiger partial charge >= 0.3 is 5.69 Å². The molecule has 0 amide bonds. The van der Waals surface area contributed by atoms with Gasteiger partial charge in [-0.3, -0.25) is 19.5 Å². The van der Waals surface area contributed by atoms with Crippen LogP contribution in [0, 0.1) is 10.1 Å². The van der Waals surface area contributed by atoms with Crippen molar-refractivity contribution in [3.8, 4) is 0 Å². The average Bonchev–Trinajstić information content (AvgIpc) is 3.45. The molecule has 0 aliphatic rings.